The van der Waals surface area contributed by atoms with Crippen molar-refractivity contribution in [3.05, 3.63) is 59.1 Å². The molecule has 0 saturated carbocycles. The molecule has 0 aliphatic carbocycles. The second-order valence-corrected chi connectivity index (χ2v) is 6.65. The molecule has 0 saturated heterocycles. The zero-order chi connectivity index (χ0) is 20.8. The van der Waals surface area contributed by atoms with Gasteiger partial charge >= 0.3 is 0 Å². The molecule has 0 unspecified atom stereocenters. The van der Waals surface area contributed by atoms with E-state index < -0.39 is 5.82 Å². The van der Waals surface area contributed by atoms with Gasteiger partial charge in [-0.2, -0.15) is 5.10 Å². The van der Waals surface area contributed by atoms with Crippen LogP contribution < -0.4 is 9.47 Å². The number of carbonyl (C=O) groups is 1. The van der Waals surface area contributed by atoms with Gasteiger partial charge in [0, 0.05) is 12.6 Å². The van der Waals surface area contributed by atoms with Crippen molar-refractivity contribution >= 4 is 18.1 Å². The second kappa shape index (κ2) is 9.33. The summed E-state index contributed by atoms with van der Waals surface area (Å²) in [7, 11) is 3.25. The van der Waals surface area contributed by atoms with E-state index in [0.717, 1.165) is 11.3 Å². The predicted molar refractivity (Wildman–Crippen MR) is 109 cm³/mol. The zero-order valence-electron chi connectivity index (χ0n) is 16.1. The van der Waals surface area contributed by atoms with Crippen LogP contribution in [0.5, 0.6) is 11.5 Å². The third-order valence-corrected chi connectivity index (χ3v) is 4.66. The third kappa shape index (κ3) is 5.00. The van der Waals surface area contributed by atoms with E-state index in [4.69, 9.17) is 21.7 Å². The number of rotatable bonds is 8. The maximum Gasteiger partial charge on any atom is 0.242 e. The van der Waals surface area contributed by atoms with Gasteiger partial charge in [0.2, 0.25) is 5.91 Å². The number of aromatic nitrogens is 3. The molecule has 2 aromatic carbocycles. The minimum Gasteiger partial charge on any atom is -0.497 e. The van der Waals surface area contributed by atoms with Crippen LogP contribution in [0.4, 0.5) is 4.39 Å². The summed E-state index contributed by atoms with van der Waals surface area (Å²) < 4.78 is 26.1. The SMILES string of the molecule is COc1ccc(-c2n[nH]c(=S)n2CC(=O)N(C)CCOc2ccccc2F)cc1. The molecule has 1 amide bonds. The number of halogens is 1. The minimum atomic E-state index is -0.435. The predicted octanol–water partition coefficient (Wildman–Crippen LogP) is 3.29. The van der Waals surface area contributed by atoms with Gasteiger partial charge in [-0.25, -0.2) is 4.39 Å². The number of methoxy groups -OCH3 is 1. The van der Waals surface area contributed by atoms with Crippen molar-refractivity contribution in [1.29, 1.82) is 0 Å². The third-order valence-electron chi connectivity index (χ3n) is 4.35. The maximum atomic E-state index is 13.6. The van der Waals surface area contributed by atoms with Crippen LogP contribution >= 0.6 is 12.2 Å². The number of likely N-dealkylation sites (N-methyl/N-ethyl adjacent to an activating group) is 1. The van der Waals surface area contributed by atoms with E-state index in [9.17, 15) is 9.18 Å². The Morgan fingerprint density at radius 1 is 1.24 bits per heavy atom. The Morgan fingerprint density at radius 3 is 2.66 bits per heavy atom. The molecule has 1 aromatic heterocycles. The normalized spacial score (nSPS) is 10.6. The summed E-state index contributed by atoms with van der Waals surface area (Å²) >= 11 is 5.28. The van der Waals surface area contributed by atoms with Gasteiger partial charge in [-0.1, -0.05) is 12.1 Å². The van der Waals surface area contributed by atoms with Crippen LogP contribution in [0.2, 0.25) is 0 Å². The van der Waals surface area contributed by atoms with Gasteiger partial charge < -0.3 is 14.4 Å². The molecule has 1 heterocycles. The lowest BCUT2D eigenvalue weighted by atomic mass is 10.2. The smallest absolute Gasteiger partial charge is 0.242 e. The van der Waals surface area contributed by atoms with Gasteiger partial charge in [0.15, 0.2) is 22.2 Å². The van der Waals surface area contributed by atoms with Crippen molar-refractivity contribution in [2.45, 2.75) is 6.54 Å². The first-order valence-electron chi connectivity index (χ1n) is 8.90. The van der Waals surface area contributed by atoms with Crippen molar-refractivity contribution < 1.29 is 18.7 Å². The van der Waals surface area contributed by atoms with Gasteiger partial charge in [-0.05, 0) is 48.6 Å². The summed E-state index contributed by atoms with van der Waals surface area (Å²) in [4.78, 5) is 14.1. The molecule has 29 heavy (non-hydrogen) atoms. The Balaban J connectivity index is 1.63. The summed E-state index contributed by atoms with van der Waals surface area (Å²) in [5.74, 6) is 0.832. The van der Waals surface area contributed by atoms with Gasteiger partial charge in [-0.3, -0.25) is 14.5 Å². The fraction of sp³-hybridized carbons (Fsp3) is 0.250. The minimum absolute atomic E-state index is 0.0207. The van der Waals surface area contributed by atoms with Crippen molar-refractivity contribution in [1.82, 2.24) is 19.7 Å². The van der Waals surface area contributed by atoms with Crippen LogP contribution in [0.25, 0.3) is 11.4 Å². The van der Waals surface area contributed by atoms with Crippen LogP contribution in [-0.4, -0.2) is 52.9 Å². The number of hydrogen-bond donors (Lipinski definition) is 1. The highest BCUT2D eigenvalue weighted by atomic mass is 32.1. The first-order chi connectivity index (χ1) is 14.0. The number of H-pyrrole nitrogens is 1. The number of amides is 1. The van der Waals surface area contributed by atoms with Crippen molar-refractivity contribution in [2.24, 2.45) is 0 Å². The number of carbonyl (C=O) groups excluding carboxylic acids is 1. The molecule has 0 spiro atoms. The summed E-state index contributed by atoms with van der Waals surface area (Å²) in [6, 6.07) is 13.5. The van der Waals surface area contributed by atoms with Crippen LogP contribution in [0, 0.1) is 10.6 Å². The van der Waals surface area contributed by atoms with Gasteiger partial charge in [0.05, 0.1) is 13.7 Å². The Hall–Kier alpha value is -3.20. The molecule has 0 fully saturated rings. The number of benzene rings is 2. The fourth-order valence-electron chi connectivity index (χ4n) is 2.66. The van der Waals surface area contributed by atoms with Crippen LogP contribution in [0.15, 0.2) is 48.5 Å². The quantitative estimate of drug-likeness (QED) is 0.571. The molecule has 9 heteroatoms. The maximum absolute atomic E-state index is 13.6. The standard InChI is InChI=1S/C20H21FN4O3S/c1-24(11-12-28-17-6-4-3-5-16(17)21)18(26)13-25-19(22-23-20(25)29)14-7-9-15(27-2)10-8-14/h3-10H,11-13H2,1-2H3,(H,23,29). The Bertz CT molecular complexity index is 1030. The molecule has 0 aliphatic heterocycles. The molecule has 7 nitrogen and oxygen atoms in total. The van der Waals surface area contributed by atoms with Crippen LogP contribution in [0.1, 0.15) is 0 Å². The first kappa shape index (κ1) is 20.5. The zero-order valence-corrected chi connectivity index (χ0v) is 16.9. The molecule has 3 rings (SSSR count). The number of nitrogens with zero attached hydrogens (tertiary/aromatic N) is 3. The van der Waals surface area contributed by atoms with Crippen molar-refractivity contribution in [3.63, 3.8) is 0 Å². The van der Waals surface area contributed by atoms with Gasteiger partial charge in [-0.15, -0.1) is 0 Å². The van der Waals surface area contributed by atoms with Crippen LogP contribution in [0.3, 0.4) is 0 Å². The monoisotopic (exact) mass is 416 g/mol. The molecule has 0 aliphatic rings. The summed E-state index contributed by atoms with van der Waals surface area (Å²) in [6.45, 7) is 0.494. The molecule has 3 aromatic rings. The summed E-state index contributed by atoms with van der Waals surface area (Å²) in [6.07, 6.45) is 0. The van der Waals surface area contributed by atoms with Crippen molar-refractivity contribution in [2.75, 3.05) is 27.3 Å². The number of aromatic amines is 1. The average Bonchev–Trinajstić information content (AvgIpc) is 3.09. The van der Waals surface area contributed by atoms with Gasteiger partial charge in [0.25, 0.3) is 0 Å². The number of hydrogen-bond acceptors (Lipinski definition) is 5. The highest BCUT2D eigenvalue weighted by Gasteiger charge is 2.15. The van der Waals surface area contributed by atoms with E-state index >= 15 is 0 Å². The lowest BCUT2D eigenvalue weighted by molar-refractivity contribution is -0.130. The summed E-state index contributed by atoms with van der Waals surface area (Å²) in [5, 5.41) is 6.96. The molecular weight excluding hydrogens is 395 g/mol. The van der Waals surface area contributed by atoms with E-state index in [1.807, 2.05) is 24.3 Å². The van der Waals surface area contributed by atoms with Crippen LogP contribution in [-0.2, 0) is 11.3 Å². The molecule has 1 N–H and O–H groups in total. The molecule has 152 valence electrons. The highest BCUT2D eigenvalue weighted by molar-refractivity contribution is 7.71. The average molecular weight is 416 g/mol. The van der Waals surface area contributed by atoms with Crippen molar-refractivity contribution in [3.8, 4) is 22.9 Å². The second-order valence-electron chi connectivity index (χ2n) is 6.26. The highest BCUT2D eigenvalue weighted by Crippen LogP contribution is 2.21. The lowest BCUT2D eigenvalue weighted by Gasteiger charge is -2.18. The van der Waals surface area contributed by atoms with E-state index in [1.165, 1.54) is 11.0 Å². The molecule has 0 atom stereocenters. The molecular formula is C20H21FN4O3S. The molecule has 0 radical (unpaired) electrons. The Labute approximate surface area is 172 Å². The van der Waals surface area contributed by atoms with Gasteiger partial charge in [0.1, 0.15) is 18.9 Å². The first-order valence-corrected chi connectivity index (χ1v) is 9.31. The molecule has 0 bridgehead atoms. The number of para-hydroxylation sites is 1. The fourth-order valence-corrected chi connectivity index (χ4v) is 2.86. The Morgan fingerprint density at radius 2 is 1.97 bits per heavy atom. The lowest BCUT2D eigenvalue weighted by Crippen LogP contribution is -2.33. The van der Waals surface area contributed by atoms with E-state index in [1.54, 1.807) is 36.9 Å². The Kier molecular flexibility index (Phi) is 6.61. The van der Waals surface area contributed by atoms with E-state index in [-0.39, 0.29) is 24.8 Å². The largest absolute Gasteiger partial charge is 0.497 e. The number of nitrogens with one attached hydrogen (secondary N) is 1. The van der Waals surface area contributed by atoms with E-state index in [0.29, 0.717) is 17.1 Å². The summed E-state index contributed by atoms with van der Waals surface area (Å²) in [5.41, 5.74) is 0.802. The number of ether oxygens (including phenoxy) is 2. The van der Waals surface area contributed by atoms with E-state index in [2.05, 4.69) is 10.2 Å². The topological polar surface area (TPSA) is 72.4 Å².